The molecule has 142 valence electrons. The number of aryl methyl sites for hydroxylation is 1. The Morgan fingerprint density at radius 1 is 1.29 bits per heavy atom. The molecular weight excluding hydrogens is 367 g/mol. The van der Waals surface area contributed by atoms with Crippen LogP contribution in [0.2, 0.25) is 0 Å². The lowest BCUT2D eigenvalue weighted by Gasteiger charge is -2.10. The number of fused-ring (bicyclic) bond motifs is 1. The predicted molar refractivity (Wildman–Crippen MR) is 99.5 cm³/mol. The molecule has 0 saturated heterocycles. The maximum Gasteiger partial charge on any atom is 0.432 e. The van der Waals surface area contributed by atoms with E-state index in [0.29, 0.717) is 16.6 Å². The maximum atomic E-state index is 14.6. The summed E-state index contributed by atoms with van der Waals surface area (Å²) in [5.74, 6) is -0.379. The molecule has 0 aliphatic heterocycles. The van der Waals surface area contributed by atoms with Gasteiger partial charge in [-0.1, -0.05) is 0 Å². The normalized spacial score (nSPS) is 11.1. The van der Waals surface area contributed by atoms with Gasteiger partial charge in [0, 0.05) is 35.9 Å². The Balaban J connectivity index is 2.01. The number of nitrogen functional groups attached to an aromatic ring is 1. The fourth-order valence-electron chi connectivity index (χ4n) is 3.06. The standard InChI is InChI=1S/C18H15FN6O3/c1-24-8-9(6-22-24)17-11-5-13(21-7-14(11)25(23-17)18(26)27)16-12(19)3-10(20)4-15(16)28-2/h3-8H,20H2,1-2H3,(H,26,27). The number of methoxy groups -OCH3 is 1. The van der Waals surface area contributed by atoms with Gasteiger partial charge in [0.1, 0.15) is 17.3 Å². The number of nitrogens with two attached hydrogens (primary N) is 1. The monoisotopic (exact) mass is 382 g/mol. The number of nitrogens with zero attached hydrogens (tertiary/aromatic N) is 5. The van der Waals surface area contributed by atoms with Gasteiger partial charge in [0.25, 0.3) is 0 Å². The molecule has 0 amide bonds. The summed E-state index contributed by atoms with van der Waals surface area (Å²) < 4.78 is 22.3. The van der Waals surface area contributed by atoms with Crippen LogP contribution in [-0.4, -0.2) is 42.9 Å². The van der Waals surface area contributed by atoms with Crippen LogP contribution in [0.4, 0.5) is 14.9 Å². The van der Waals surface area contributed by atoms with Gasteiger partial charge in [-0.15, -0.1) is 0 Å². The van der Waals surface area contributed by atoms with Gasteiger partial charge in [0.15, 0.2) is 0 Å². The average molecular weight is 382 g/mol. The Morgan fingerprint density at radius 3 is 2.71 bits per heavy atom. The number of hydrogen-bond donors (Lipinski definition) is 2. The predicted octanol–water partition coefficient (Wildman–Crippen LogP) is 2.75. The lowest BCUT2D eigenvalue weighted by atomic mass is 10.1. The van der Waals surface area contributed by atoms with Gasteiger partial charge >= 0.3 is 6.09 Å². The minimum atomic E-state index is -1.26. The number of aromatic nitrogens is 5. The summed E-state index contributed by atoms with van der Waals surface area (Å²) in [7, 11) is 3.14. The van der Waals surface area contributed by atoms with E-state index >= 15 is 0 Å². The summed E-state index contributed by atoms with van der Waals surface area (Å²) in [4.78, 5) is 15.8. The highest BCUT2D eigenvalue weighted by Gasteiger charge is 2.21. The summed E-state index contributed by atoms with van der Waals surface area (Å²) in [5.41, 5.74) is 7.57. The Bertz CT molecular complexity index is 1230. The molecule has 1 aromatic carbocycles. The molecule has 0 aliphatic rings. The first kappa shape index (κ1) is 17.5. The van der Waals surface area contributed by atoms with E-state index in [0.717, 1.165) is 4.68 Å². The highest BCUT2D eigenvalue weighted by atomic mass is 19.1. The van der Waals surface area contributed by atoms with Crippen molar-refractivity contribution in [3.63, 3.8) is 0 Å². The maximum absolute atomic E-state index is 14.6. The van der Waals surface area contributed by atoms with Gasteiger partial charge in [0.05, 0.1) is 36.3 Å². The largest absolute Gasteiger partial charge is 0.496 e. The SMILES string of the molecule is COc1cc(N)cc(F)c1-c1cc2c(-c3cnn(C)c3)nn(C(=O)O)c2cn1. The van der Waals surface area contributed by atoms with Gasteiger partial charge in [-0.05, 0) is 12.1 Å². The van der Waals surface area contributed by atoms with Gasteiger partial charge in [-0.2, -0.15) is 14.9 Å². The summed E-state index contributed by atoms with van der Waals surface area (Å²) in [6, 6.07) is 4.24. The van der Waals surface area contributed by atoms with E-state index in [2.05, 4.69) is 15.2 Å². The van der Waals surface area contributed by atoms with Crippen molar-refractivity contribution >= 4 is 22.7 Å². The first-order chi connectivity index (χ1) is 13.4. The lowest BCUT2D eigenvalue weighted by Crippen LogP contribution is -2.09. The second-order valence-electron chi connectivity index (χ2n) is 6.11. The van der Waals surface area contributed by atoms with Crippen LogP contribution in [0.3, 0.4) is 0 Å². The summed E-state index contributed by atoms with van der Waals surface area (Å²) in [5, 5.41) is 18.2. The van der Waals surface area contributed by atoms with Crippen molar-refractivity contribution in [2.75, 3.05) is 12.8 Å². The Morgan fingerprint density at radius 2 is 2.07 bits per heavy atom. The van der Waals surface area contributed by atoms with Gasteiger partial charge in [-0.3, -0.25) is 9.67 Å². The van der Waals surface area contributed by atoms with E-state index in [9.17, 15) is 14.3 Å². The van der Waals surface area contributed by atoms with E-state index in [4.69, 9.17) is 10.5 Å². The molecule has 3 N–H and O–H groups in total. The molecule has 0 bridgehead atoms. The number of anilines is 1. The summed E-state index contributed by atoms with van der Waals surface area (Å²) >= 11 is 0. The minimum Gasteiger partial charge on any atom is -0.496 e. The molecule has 0 radical (unpaired) electrons. The number of benzene rings is 1. The second kappa shape index (κ2) is 6.34. The summed E-state index contributed by atoms with van der Waals surface area (Å²) in [6.45, 7) is 0. The highest BCUT2D eigenvalue weighted by molar-refractivity contribution is 5.98. The molecular formula is C18H15FN6O3. The van der Waals surface area contributed by atoms with Crippen molar-refractivity contribution in [2.24, 2.45) is 7.05 Å². The Labute approximate surface area is 157 Å². The number of halogens is 1. The number of carbonyl (C=O) groups is 1. The lowest BCUT2D eigenvalue weighted by molar-refractivity contribution is 0.194. The number of hydrogen-bond acceptors (Lipinski definition) is 6. The van der Waals surface area contributed by atoms with E-state index < -0.39 is 11.9 Å². The van der Waals surface area contributed by atoms with Crippen LogP contribution in [0.15, 0.2) is 36.8 Å². The molecule has 9 nitrogen and oxygen atoms in total. The Kier molecular flexibility index (Phi) is 3.95. The molecule has 4 aromatic rings. The second-order valence-corrected chi connectivity index (χ2v) is 6.11. The Hall–Kier alpha value is -3.95. The molecule has 10 heteroatoms. The third-order valence-electron chi connectivity index (χ3n) is 4.28. The molecule has 3 heterocycles. The zero-order valence-corrected chi connectivity index (χ0v) is 14.9. The van der Waals surface area contributed by atoms with Crippen molar-refractivity contribution < 1.29 is 19.0 Å². The minimum absolute atomic E-state index is 0.124. The molecule has 0 fully saturated rings. The summed E-state index contributed by atoms with van der Waals surface area (Å²) in [6.07, 6.45) is 3.35. The van der Waals surface area contributed by atoms with Gasteiger partial charge in [0.2, 0.25) is 0 Å². The fraction of sp³-hybridized carbons (Fsp3) is 0.111. The molecule has 3 aromatic heterocycles. The third kappa shape index (κ3) is 2.71. The molecule has 4 rings (SSSR count). The molecule has 0 saturated carbocycles. The zero-order chi connectivity index (χ0) is 20.0. The van der Waals surface area contributed by atoms with Gasteiger partial charge < -0.3 is 15.6 Å². The van der Waals surface area contributed by atoms with E-state index in [1.54, 1.807) is 30.2 Å². The first-order valence-corrected chi connectivity index (χ1v) is 8.13. The van der Waals surface area contributed by atoms with Crippen LogP contribution in [0.5, 0.6) is 5.75 Å². The topological polar surface area (TPSA) is 121 Å². The molecule has 0 unspecified atom stereocenters. The van der Waals surface area contributed by atoms with E-state index in [-0.39, 0.29) is 28.2 Å². The number of rotatable bonds is 3. The van der Waals surface area contributed by atoms with E-state index in [1.165, 1.54) is 25.4 Å². The van der Waals surface area contributed by atoms with Crippen LogP contribution in [-0.2, 0) is 7.05 Å². The van der Waals surface area contributed by atoms with E-state index in [1.807, 2.05) is 0 Å². The molecule has 0 spiro atoms. The number of pyridine rings is 1. The van der Waals surface area contributed by atoms with Crippen LogP contribution in [0, 0.1) is 5.82 Å². The molecule has 0 aliphatic carbocycles. The molecule has 0 atom stereocenters. The number of carboxylic acid groups (broad SMARTS) is 1. The van der Waals surface area contributed by atoms with Gasteiger partial charge in [-0.25, -0.2) is 9.18 Å². The average Bonchev–Trinajstić information content (AvgIpc) is 3.24. The van der Waals surface area contributed by atoms with Crippen LogP contribution in [0.25, 0.3) is 33.4 Å². The third-order valence-corrected chi connectivity index (χ3v) is 4.28. The van der Waals surface area contributed by atoms with Crippen LogP contribution >= 0.6 is 0 Å². The van der Waals surface area contributed by atoms with Crippen molar-refractivity contribution in [1.29, 1.82) is 0 Å². The van der Waals surface area contributed by atoms with Crippen molar-refractivity contribution in [3.05, 3.63) is 42.6 Å². The smallest absolute Gasteiger partial charge is 0.432 e. The van der Waals surface area contributed by atoms with Crippen LogP contribution < -0.4 is 10.5 Å². The fourth-order valence-corrected chi connectivity index (χ4v) is 3.06. The zero-order valence-electron chi connectivity index (χ0n) is 14.9. The number of ether oxygens (including phenoxy) is 1. The van der Waals surface area contributed by atoms with Crippen molar-refractivity contribution in [3.8, 4) is 28.3 Å². The quantitative estimate of drug-likeness (QED) is 0.523. The van der Waals surface area contributed by atoms with Crippen molar-refractivity contribution in [2.45, 2.75) is 0 Å². The highest BCUT2D eigenvalue weighted by Crippen LogP contribution is 2.36. The van der Waals surface area contributed by atoms with Crippen LogP contribution in [0.1, 0.15) is 0 Å². The molecule has 28 heavy (non-hydrogen) atoms. The first-order valence-electron chi connectivity index (χ1n) is 8.13. The van der Waals surface area contributed by atoms with Crippen molar-refractivity contribution in [1.82, 2.24) is 24.5 Å².